The van der Waals surface area contributed by atoms with Crippen LogP contribution in [0.25, 0.3) is 0 Å². The number of rotatable bonds is 7. The first-order valence-electron chi connectivity index (χ1n) is 11.9. The van der Waals surface area contributed by atoms with Gasteiger partial charge in [-0.25, -0.2) is 22.2 Å². The number of alkyl halides is 7. The molecule has 0 atom stereocenters. The van der Waals surface area contributed by atoms with Gasteiger partial charge in [0.05, 0.1) is 22.4 Å². The fourth-order valence-corrected chi connectivity index (χ4v) is 6.23. The number of nitrogens with zero attached hydrogens (tertiary/aromatic N) is 4. The molecule has 1 aromatic rings. The highest BCUT2D eigenvalue weighted by atomic mass is 35.5. The molecule has 3 N–H and O–H groups in total. The Morgan fingerprint density at radius 3 is 2.23 bits per heavy atom. The summed E-state index contributed by atoms with van der Waals surface area (Å²) in [7, 11) is -4.38. The maximum Gasteiger partial charge on any atom is 0.416 e. The monoisotopic (exact) mass is 622 g/mol. The first kappa shape index (κ1) is 32.0. The maximum absolute atomic E-state index is 14.0. The van der Waals surface area contributed by atoms with Crippen molar-refractivity contribution < 1.29 is 43.9 Å². The van der Waals surface area contributed by atoms with Crippen LogP contribution in [0.4, 0.5) is 30.7 Å². The SMILES string of the molecule is NN=C(C=NC(F)F)S(=O)(=O)N1CCN(C2(CNC(=O)c3ccc(C(F)(F)F)cc3Cl)CCC(F)(F)CC2)CC1. The summed E-state index contributed by atoms with van der Waals surface area (Å²) in [5, 5.41) is 4.30. The molecule has 2 aliphatic rings. The second kappa shape index (κ2) is 12.2. The molecule has 0 unspecified atom stereocenters. The van der Waals surface area contributed by atoms with Crippen molar-refractivity contribution in [2.45, 2.75) is 49.9 Å². The van der Waals surface area contributed by atoms with Crippen LogP contribution in [0.3, 0.4) is 0 Å². The van der Waals surface area contributed by atoms with E-state index in [1.54, 1.807) is 4.90 Å². The Balaban J connectivity index is 1.75. The van der Waals surface area contributed by atoms with Crippen LogP contribution in [0.15, 0.2) is 28.3 Å². The van der Waals surface area contributed by atoms with Gasteiger partial charge in [-0.2, -0.15) is 31.4 Å². The van der Waals surface area contributed by atoms with Crippen LogP contribution in [0.5, 0.6) is 0 Å². The average Bonchev–Trinajstić information content (AvgIpc) is 2.87. The van der Waals surface area contributed by atoms with Gasteiger partial charge in [0.1, 0.15) is 0 Å². The fourth-order valence-electron chi connectivity index (χ4n) is 4.72. The van der Waals surface area contributed by atoms with Gasteiger partial charge in [0, 0.05) is 51.1 Å². The lowest BCUT2D eigenvalue weighted by Gasteiger charge is -2.50. The van der Waals surface area contributed by atoms with Gasteiger partial charge in [0.25, 0.3) is 15.9 Å². The van der Waals surface area contributed by atoms with E-state index in [-0.39, 0.29) is 51.1 Å². The van der Waals surface area contributed by atoms with E-state index in [0.29, 0.717) is 18.3 Å². The molecular formula is C22H26ClF7N6O3S. The summed E-state index contributed by atoms with van der Waals surface area (Å²) in [4.78, 5) is 17.3. The van der Waals surface area contributed by atoms with Crippen LogP contribution in [0.1, 0.15) is 41.6 Å². The first-order chi connectivity index (χ1) is 18.5. The topological polar surface area (TPSA) is 120 Å². The Hall–Kier alpha value is -2.50. The predicted octanol–water partition coefficient (Wildman–Crippen LogP) is 3.55. The van der Waals surface area contributed by atoms with Crippen LogP contribution in [-0.4, -0.2) is 85.5 Å². The summed E-state index contributed by atoms with van der Waals surface area (Å²) >= 11 is 5.91. The molecule has 0 spiro atoms. The van der Waals surface area contributed by atoms with Gasteiger partial charge in [-0.1, -0.05) is 11.6 Å². The van der Waals surface area contributed by atoms with E-state index in [1.165, 1.54) is 0 Å². The summed E-state index contributed by atoms with van der Waals surface area (Å²) in [5.74, 6) is 1.31. The third-order valence-electron chi connectivity index (χ3n) is 6.97. The number of nitrogens with two attached hydrogens (primary N) is 1. The number of aliphatic imine (C=N–C) groups is 1. The summed E-state index contributed by atoms with van der Waals surface area (Å²) in [5.41, 5.74) is -2.30. The molecule has 1 aliphatic carbocycles. The average molecular weight is 623 g/mol. The number of nitrogens with one attached hydrogen (secondary N) is 1. The maximum atomic E-state index is 14.0. The van der Waals surface area contributed by atoms with Crippen LogP contribution >= 0.6 is 11.6 Å². The van der Waals surface area contributed by atoms with Gasteiger partial charge in [-0.15, -0.1) is 0 Å². The molecule has 0 bridgehead atoms. The minimum absolute atomic E-state index is 0.0333. The number of benzene rings is 1. The van der Waals surface area contributed by atoms with E-state index in [1.807, 2.05) is 0 Å². The quantitative estimate of drug-likeness (QED) is 0.120. The minimum Gasteiger partial charge on any atom is -0.350 e. The van der Waals surface area contributed by atoms with Crippen LogP contribution in [-0.2, 0) is 16.2 Å². The van der Waals surface area contributed by atoms with Crippen molar-refractivity contribution >= 4 is 38.8 Å². The lowest BCUT2D eigenvalue weighted by Crippen LogP contribution is -2.63. The van der Waals surface area contributed by atoms with Crippen LogP contribution in [0, 0.1) is 0 Å². The van der Waals surface area contributed by atoms with Crippen molar-refractivity contribution in [3.05, 3.63) is 34.3 Å². The number of sulfonamides is 1. The van der Waals surface area contributed by atoms with Gasteiger partial charge in [-0.05, 0) is 31.0 Å². The minimum atomic E-state index is -4.67. The number of amides is 1. The third-order valence-corrected chi connectivity index (χ3v) is 9.07. The molecule has 1 heterocycles. The van der Waals surface area contributed by atoms with Gasteiger partial charge < -0.3 is 11.2 Å². The van der Waals surface area contributed by atoms with Crippen molar-refractivity contribution in [3.63, 3.8) is 0 Å². The highest BCUT2D eigenvalue weighted by Crippen LogP contribution is 2.42. The molecule has 1 amide bonds. The second-order valence-electron chi connectivity index (χ2n) is 9.37. The number of carbonyl (C=O) groups is 1. The highest BCUT2D eigenvalue weighted by Gasteiger charge is 2.48. The molecule has 2 fully saturated rings. The van der Waals surface area contributed by atoms with E-state index in [0.717, 1.165) is 10.4 Å². The van der Waals surface area contributed by atoms with Crippen molar-refractivity contribution in [1.82, 2.24) is 14.5 Å². The fraction of sp³-hybridized carbons (Fsp3) is 0.591. The Morgan fingerprint density at radius 2 is 1.73 bits per heavy atom. The zero-order valence-electron chi connectivity index (χ0n) is 20.8. The normalized spacial score (nSPS) is 21.2. The number of piperazine rings is 1. The van der Waals surface area contributed by atoms with Crippen LogP contribution in [0.2, 0.25) is 5.02 Å². The molecule has 0 aromatic heterocycles. The largest absolute Gasteiger partial charge is 0.416 e. The molecule has 224 valence electrons. The van der Waals surface area contributed by atoms with E-state index in [9.17, 15) is 43.9 Å². The summed E-state index contributed by atoms with van der Waals surface area (Å²) in [6, 6.07) is 2.22. The third kappa shape index (κ3) is 7.41. The standard InChI is InChI=1S/C22H26ClF7N6O3S/c23-16-11-14(22(28,29)30)1-2-15(16)18(37)33-13-20(3-5-21(26,27)6-4-20)35-7-9-36(10-8-35)40(38,39)17(34-31)12-32-19(24)25/h1-2,11-12,19H,3-10,13,31H2,(H,33,37). The zero-order valence-corrected chi connectivity index (χ0v) is 22.3. The van der Waals surface area contributed by atoms with E-state index < -0.39 is 68.6 Å². The zero-order chi connectivity index (χ0) is 29.9. The van der Waals surface area contributed by atoms with Crippen molar-refractivity contribution in [3.8, 4) is 0 Å². The highest BCUT2D eigenvalue weighted by molar-refractivity contribution is 8.06. The lowest BCUT2D eigenvalue weighted by molar-refractivity contribution is -0.137. The Morgan fingerprint density at radius 1 is 1.12 bits per heavy atom. The molecule has 40 heavy (non-hydrogen) atoms. The smallest absolute Gasteiger partial charge is 0.350 e. The molecule has 1 aromatic carbocycles. The van der Waals surface area contributed by atoms with Crippen LogP contribution < -0.4 is 11.2 Å². The first-order valence-corrected chi connectivity index (χ1v) is 13.7. The molecule has 0 radical (unpaired) electrons. The van der Waals surface area contributed by atoms with E-state index in [2.05, 4.69) is 15.4 Å². The molecular weight excluding hydrogens is 597 g/mol. The van der Waals surface area contributed by atoms with Crippen molar-refractivity contribution in [2.24, 2.45) is 15.9 Å². The number of hydrogen-bond acceptors (Lipinski definition) is 7. The number of hydrogen-bond donors (Lipinski definition) is 2. The van der Waals surface area contributed by atoms with E-state index >= 15 is 0 Å². The molecule has 9 nitrogen and oxygen atoms in total. The van der Waals surface area contributed by atoms with Gasteiger partial charge in [-0.3, -0.25) is 9.69 Å². The van der Waals surface area contributed by atoms with Gasteiger partial charge in [0.2, 0.25) is 11.0 Å². The Kier molecular flexibility index (Phi) is 9.74. The summed E-state index contributed by atoms with van der Waals surface area (Å²) in [6.07, 6.45) is -5.46. The Labute approximate surface area is 230 Å². The second-order valence-corrected chi connectivity index (χ2v) is 11.7. The number of carbonyl (C=O) groups excluding carboxylic acids is 1. The summed E-state index contributed by atoms with van der Waals surface area (Å²) < 4.78 is 118. The molecule has 1 aliphatic heterocycles. The van der Waals surface area contributed by atoms with Gasteiger partial charge in [0.15, 0.2) is 0 Å². The van der Waals surface area contributed by atoms with Crippen molar-refractivity contribution in [1.29, 1.82) is 0 Å². The van der Waals surface area contributed by atoms with Gasteiger partial charge >= 0.3 is 12.7 Å². The lowest BCUT2D eigenvalue weighted by atomic mass is 9.78. The number of hydrazone groups is 1. The molecule has 1 saturated heterocycles. The molecule has 3 rings (SSSR count). The molecule has 1 saturated carbocycles. The Bertz CT molecular complexity index is 1240. The number of halogens is 8. The van der Waals surface area contributed by atoms with E-state index in [4.69, 9.17) is 17.4 Å². The summed E-state index contributed by atoms with van der Waals surface area (Å²) in [6.45, 7) is -3.61. The van der Waals surface area contributed by atoms with Crippen molar-refractivity contribution in [2.75, 3.05) is 32.7 Å². The molecule has 18 heteroatoms. The predicted molar refractivity (Wildman–Crippen MR) is 133 cm³/mol.